The van der Waals surface area contributed by atoms with Gasteiger partial charge in [0.05, 0.1) is 12.9 Å². The van der Waals surface area contributed by atoms with Crippen LogP contribution in [0.25, 0.3) is 11.6 Å². The zero-order valence-corrected chi connectivity index (χ0v) is 17.5. The van der Waals surface area contributed by atoms with E-state index in [4.69, 9.17) is 9.15 Å². The summed E-state index contributed by atoms with van der Waals surface area (Å²) in [5.41, 5.74) is 1.65. The van der Waals surface area contributed by atoms with Crippen LogP contribution in [-0.4, -0.2) is 27.2 Å². The predicted octanol–water partition coefficient (Wildman–Crippen LogP) is 5.09. The molecule has 0 saturated heterocycles. The van der Waals surface area contributed by atoms with Crippen LogP contribution in [0, 0.1) is 5.92 Å². The minimum atomic E-state index is 0.0392. The Morgan fingerprint density at radius 3 is 2.75 bits per heavy atom. The van der Waals surface area contributed by atoms with Gasteiger partial charge in [-0.15, -0.1) is 10.2 Å². The van der Waals surface area contributed by atoms with E-state index in [1.54, 1.807) is 31.0 Å². The third-order valence-electron chi connectivity index (χ3n) is 4.13. The Kier molecular flexibility index (Phi) is 6.57. The quantitative estimate of drug-likeness (QED) is 0.369. The molecule has 0 N–H and O–H groups in total. The monoisotopic (exact) mass is 399 g/mol. The molecule has 0 amide bonds. The third kappa shape index (κ3) is 4.65. The number of furan rings is 1. The van der Waals surface area contributed by atoms with E-state index in [1.807, 2.05) is 31.2 Å². The molecule has 0 atom stereocenters. The molecule has 6 nitrogen and oxygen atoms in total. The van der Waals surface area contributed by atoms with E-state index in [1.165, 1.54) is 0 Å². The second kappa shape index (κ2) is 9.10. The molecule has 0 bridgehead atoms. The second-order valence-corrected chi connectivity index (χ2v) is 7.83. The van der Waals surface area contributed by atoms with Crippen molar-refractivity contribution in [2.45, 2.75) is 45.1 Å². The van der Waals surface area contributed by atoms with Crippen LogP contribution in [0.2, 0.25) is 0 Å². The Morgan fingerprint density at radius 2 is 2.11 bits per heavy atom. The van der Waals surface area contributed by atoms with Crippen LogP contribution in [0.3, 0.4) is 0 Å². The summed E-state index contributed by atoms with van der Waals surface area (Å²) >= 11 is 1.58. The lowest BCUT2D eigenvalue weighted by molar-refractivity contribution is 0.101. The van der Waals surface area contributed by atoms with Crippen molar-refractivity contribution in [3.05, 3.63) is 47.7 Å². The highest BCUT2D eigenvalue weighted by Crippen LogP contribution is 2.31. The number of ketones is 1. The molecule has 0 fully saturated rings. The summed E-state index contributed by atoms with van der Waals surface area (Å²) in [6.45, 7) is 9.19. The summed E-state index contributed by atoms with van der Waals surface area (Å²) in [6, 6.07) is 9.30. The van der Waals surface area contributed by atoms with Crippen molar-refractivity contribution in [1.82, 2.24) is 14.8 Å². The summed E-state index contributed by atoms with van der Waals surface area (Å²) in [7, 11) is 0. The molecule has 0 aliphatic heterocycles. The molecule has 0 saturated carbocycles. The Labute approximate surface area is 169 Å². The number of nitrogens with zero attached hydrogens (tertiary/aromatic N) is 3. The standard InChI is InChI=1S/C21H25N3O3S/c1-5-26-18-9-8-16(15(4)25)11-17(18)13-28-21-23-22-20(19-7-6-10-27-19)24(21)12-14(2)3/h6-11,14H,5,12-13H2,1-4H3. The molecule has 28 heavy (non-hydrogen) atoms. The van der Waals surface area contributed by atoms with Gasteiger partial charge in [-0.3, -0.25) is 9.36 Å². The first-order valence-corrected chi connectivity index (χ1v) is 10.3. The number of aromatic nitrogens is 3. The van der Waals surface area contributed by atoms with E-state index in [-0.39, 0.29) is 5.78 Å². The molecule has 0 unspecified atom stereocenters. The van der Waals surface area contributed by atoms with Crippen LogP contribution in [0.4, 0.5) is 0 Å². The Hall–Kier alpha value is -2.54. The topological polar surface area (TPSA) is 70.2 Å². The molecule has 1 aromatic carbocycles. The first-order chi connectivity index (χ1) is 13.5. The van der Waals surface area contributed by atoms with Crippen molar-refractivity contribution in [1.29, 1.82) is 0 Å². The van der Waals surface area contributed by atoms with Gasteiger partial charge in [0, 0.05) is 23.4 Å². The van der Waals surface area contributed by atoms with Gasteiger partial charge in [0.25, 0.3) is 0 Å². The van der Waals surface area contributed by atoms with Crippen molar-refractivity contribution in [3.63, 3.8) is 0 Å². The maximum Gasteiger partial charge on any atom is 0.200 e. The Morgan fingerprint density at radius 1 is 1.29 bits per heavy atom. The molecular formula is C21H25N3O3S. The maximum absolute atomic E-state index is 11.8. The lowest BCUT2D eigenvalue weighted by Gasteiger charge is -2.13. The highest BCUT2D eigenvalue weighted by Gasteiger charge is 2.18. The van der Waals surface area contributed by atoms with Crippen LogP contribution in [0.1, 0.15) is 43.6 Å². The molecular weight excluding hydrogens is 374 g/mol. The van der Waals surface area contributed by atoms with E-state index in [0.717, 1.165) is 28.8 Å². The molecule has 0 spiro atoms. The number of ether oxygens (including phenoxy) is 1. The minimum Gasteiger partial charge on any atom is -0.494 e. The van der Waals surface area contributed by atoms with Crippen LogP contribution in [-0.2, 0) is 12.3 Å². The van der Waals surface area contributed by atoms with Gasteiger partial charge in [-0.1, -0.05) is 25.6 Å². The Balaban J connectivity index is 1.88. The lowest BCUT2D eigenvalue weighted by Crippen LogP contribution is -2.07. The van der Waals surface area contributed by atoms with Crippen LogP contribution < -0.4 is 4.74 Å². The number of carbonyl (C=O) groups is 1. The van der Waals surface area contributed by atoms with Gasteiger partial charge >= 0.3 is 0 Å². The molecule has 2 aromatic heterocycles. The smallest absolute Gasteiger partial charge is 0.200 e. The van der Waals surface area contributed by atoms with Gasteiger partial charge in [0.1, 0.15) is 5.75 Å². The van der Waals surface area contributed by atoms with Crippen molar-refractivity contribution >= 4 is 17.5 Å². The number of rotatable bonds is 9. The van der Waals surface area contributed by atoms with Gasteiger partial charge in [-0.25, -0.2) is 0 Å². The molecule has 2 heterocycles. The molecule has 7 heteroatoms. The summed E-state index contributed by atoms with van der Waals surface area (Å²) in [5.74, 6) is 3.32. The molecule has 3 rings (SSSR count). The first kappa shape index (κ1) is 20.2. The van der Waals surface area contributed by atoms with Crippen molar-refractivity contribution < 1.29 is 13.9 Å². The number of Topliss-reactive ketones (excluding diaryl/α,β-unsaturated/α-hetero) is 1. The average Bonchev–Trinajstić information content (AvgIpc) is 3.30. The van der Waals surface area contributed by atoms with Crippen LogP contribution in [0.5, 0.6) is 5.75 Å². The van der Waals surface area contributed by atoms with Crippen molar-refractivity contribution in [2.24, 2.45) is 5.92 Å². The molecule has 0 radical (unpaired) electrons. The second-order valence-electron chi connectivity index (χ2n) is 6.89. The van der Waals surface area contributed by atoms with Crippen LogP contribution >= 0.6 is 11.8 Å². The molecule has 3 aromatic rings. The summed E-state index contributed by atoms with van der Waals surface area (Å²) < 4.78 is 13.3. The molecule has 148 valence electrons. The lowest BCUT2D eigenvalue weighted by atomic mass is 10.1. The summed E-state index contributed by atoms with van der Waals surface area (Å²) in [5, 5.41) is 9.54. The van der Waals surface area contributed by atoms with Crippen LogP contribution in [0.15, 0.2) is 46.2 Å². The van der Waals surface area contributed by atoms with E-state index >= 15 is 0 Å². The summed E-state index contributed by atoms with van der Waals surface area (Å²) in [4.78, 5) is 11.8. The average molecular weight is 400 g/mol. The van der Waals surface area contributed by atoms with E-state index in [0.29, 0.717) is 29.6 Å². The Bertz CT molecular complexity index is 933. The van der Waals surface area contributed by atoms with Gasteiger partial charge in [-0.05, 0) is 50.1 Å². The van der Waals surface area contributed by atoms with Crippen molar-refractivity contribution in [3.8, 4) is 17.3 Å². The van der Waals surface area contributed by atoms with Gasteiger partial charge in [0.2, 0.25) is 0 Å². The predicted molar refractivity (Wildman–Crippen MR) is 110 cm³/mol. The number of carbonyl (C=O) groups excluding carboxylic acids is 1. The van der Waals surface area contributed by atoms with Gasteiger partial charge < -0.3 is 9.15 Å². The fraction of sp³-hybridized carbons (Fsp3) is 0.381. The highest BCUT2D eigenvalue weighted by atomic mass is 32.2. The number of benzene rings is 1. The highest BCUT2D eigenvalue weighted by molar-refractivity contribution is 7.98. The van der Waals surface area contributed by atoms with Gasteiger partial charge in [-0.2, -0.15) is 0 Å². The fourth-order valence-electron chi connectivity index (χ4n) is 2.86. The largest absolute Gasteiger partial charge is 0.494 e. The zero-order chi connectivity index (χ0) is 20.1. The number of thioether (sulfide) groups is 1. The fourth-order valence-corrected chi connectivity index (χ4v) is 3.79. The molecule has 0 aliphatic rings. The van der Waals surface area contributed by atoms with E-state index < -0.39 is 0 Å². The third-order valence-corrected chi connectivity index (χ3v) is 5.15. The minimum absolute atomic E-state index is 0.0392. The summed E-state index contributed by atoms with van der Waals surface area (Å²) in [6.07, 6.45) is 1.64. The molecule has 0 aliphatic carbocycles. The van der Waals surface area contributed by atoms with E-state index in [2.05, 4.69) is 28.6 Å². The maximum atomic E-state index is 11.8. The first-order valence-electron chi connectivity index (χ1n) is 9.36. The number of hydrogen-bond donors (Lipinski definition) is 0. The van der Waals surface area contributed by atoms with Crippen molar-refractivity contribution in [2.75, 3.05) is 6.61 Å². The SMILES string of the molecule is CCOc1ccc(C(C)=O)cc1CSc1nnc(-c2ccco2)n1CC(C)C. The number of hydrogen-bond acceptors (Lipinski definition) is 6. The van der Waals surface area contributed by atoms with Gasteiger partial charge in [0.15, 0.2) is 22.5 Å². The van der Waals surface area contributed by atoms with E-state index in [9.17, 15) is 4.79 Å². The zero-order valence-electron chi connectivity index (χ0n) is 16.6. The normalized spacial score (nSPS) is 11.2.